The summed E-state index contributed by atoms with van der Waals surface area (Å²) in [5.41, 5.74) is 0. The Kier molecular flexibility index (Phi) is 4.22. The second kappa shape index (κ2) is 5.22. The molecule has 76 valence electrons. The predicted octanol–water partition coefficient (Wildman–Crippen LogP) is 1.63. The molecule has 0 aromatic rings. The molecule has 3 nitrogen and oxygen atoms in total. The summed E-state index contributed by atoms with van der Waals surface area (Å²) in [6.07, 6.45) is 5.25. The first-order valence-electron chi connectivity index (χ1n) is 5.12. The second-order valence-electron chi connectivity index (χ2n) is 3.66. The molecular weight excluding hydrogens is 168 g/mol. The summed E-state index contributed by atoms with van der Waals surface area (Å²) >= 11 is 0. The first-order valence-corrected chi connectivity index (χ1v) is 5.12. The van der Waals surface area contributed by atoms with Crippen LogP contribution in [0.15, 0.2) is 0 Å². The van der Waals surface area contributed by atoms with Gasteiger partial charge in [-0.15, -0.1) is 0 Å². The van der Waals surface area contributed by atoms with Crippen molar-refractivity contribution in [1.82, 2.24) is 0 Å². The average Bonchev–Trinajstić information content (AvgIpc) is 2.41. The Labute approximate surface area is 79.1 Å². The number of hydrogen-bond donors (Lipinski definition) is 1. The van der Waals surface area contributed by atoms with Gasteiger partial charge in [0.2, 0.25) is 0 Å². The van der Waals surface area contributed by atoms with Crippen molar-refractivity contribution < 1.29 is 14.6 Å². The van der Waals surface area contributed by atoms with E-state index < -0.39 is 12.1 Å². The smallest absolute Gasteiger partial charge is 0.335 e. The first kappa shape index (κ1) is 10.5. The van der Waals surface area contributed by atoms with Crippen molar-refractivity contribution in [3.63, 3.8) is 0 Å². The molecule has 0 aromatic carbocycles. The molecule has 0 saturated carbocycles. The molecule has 1 rings (SSSR count). The highest BCUT2D eigenvalue weighted by molar-refractivity contribution is 5.76. The van der Waals surface area contributed by atoms with Gasteiger partial charge in [-0.2, -0.15) is 0 Å². The SMILES string of the molecule is CCCCCC[C@@H]1C[C@H](O)C(=O)O1. The summed E-state index contributed by atoms with van der Waals surface area (Å²) in [4.78, 5) is 10.8. The molecule has 0 radical (unpaired) electrons. The molecule has 0 aliphatic carbocycles. The lowest BCUT2D eigenvalue weighted by Gasteiger charge is -2.07. The van der Waals surface area contributed by atoms with E-state index in [-0.39, 0.29) is 6.10 Å². The van der Waals surface area contributed by atoms with Gasteiger partial charge >= 0.3 is 5.97 Å². The fourth-order valence-corrected chi connectivity index (χ4v) is 1.61. The largest absolute Gasteiger partial charge is 0.460 e. The van der Waals surface area contributed by atoms with Crippen LogP contribution in [0, 0.1) is 0 Å². The van der Waals surface area contributed by atoms with Crippen molar-refractivity contribution in [3.8, 4) is 0 Å². The summed E-state index contributed by atoms with van der Waals surface area (Å²) in [6, 6.07) is 0. The van der Waals surface area contributed by atoms with Gasteiger partial charge in [0.15, 0.2) is 6.10 Å². The lowest BCUT2D eigenvalue weighted by atomic mass is 10.1. The third-order valence-electron chi connectivity index (χ3n) is 2.42. The van der Waals surface area contributed by atoms with Crippen molar-refractivity contribution in [2.24, 2.45) is 0 Å². The molecular formula is C10H18O3. The molecule has 1 saturated heterocycles. The van der Waals surface area contributed by atoms with E-state index in [1.165, 1.54) is 19.3 Å². The Morgan fingerprint density at radius 2 is 2.23 bits per heavy atom. The molecule has 0 aromatic heterocycles. The minimum Gasteiger partial charge on any atom is -0.460 e. The summed E-state index contributed by atoms with van der Waals surface area (Å²) in [6.45, 7) is 2.17. The lowest BCUT2D eigenvalue weighted by Crippen LogP contribution is -2.11. The summed E-state index contributed by atoms with van der Waals surface area (Å²) in [5.74, 6) is -0.444. The topological polar surface area (TPSA) is 46.5 Å². The van der Waals surface area contributed by atoms with Crippen LogP contribution in [-0.2, 0) is 9.53 Å². The maximum atomic E-state index is 10.8. The third kappa shape index (κ3) is 3.35. The number of esters is 1. The van der Waals surface area contributed by atoms with Gasteiger partial charge in [-0.05, 0) is 12.8 Å². The van der Waals surface area contributed by atoms with E-state index in [4.69, 9.17) is 9.84 Å². The van der Waals surface area contributed by atoms with Crippen molar-refractivity contribution in [1.29, 1.82) is 0 Å². The lowest BCUT2D eigenvalue weighted by molar-refractivity contribution is -0.147. The van der Waals surface area contributed by atoms with E-state index >= 15 is 0 Å². The Balaban J connectivity index is 2.07. The molecule has 1 aliphatic heterocycles. The maximum Gasteiger partial charge on any atom is 0.335 e. The van der Waals surface area contributed by atoms with Crippen LogP contribution in [0.1, 0.15) is 45.4 Å². The number of carbonyl (C=O) groups is 1. The summed E-state index contributed by atoms with van der Waals surface area (Å²) in [7, 11) is 0. The fourth-order valence-electron chi connectivity index (χ4n) is 1.61. The van der Waals surface area contributed by atoms with E-state index in [0.717, 1.165) is 12.8 Å². The maximum absolute atomic E-state index is 10.8. The van der Waals surface area contributed by atoms with Crippen LogP contribution in [0.5, 0.6) is 0 Å². The van der Waals surface area contributed by atoms with Crippen LogP contribution in [-0.4, -0.2) is 23.3 Å². The number of hydrogen-bond acceptors (Lipinski definition) is 3. The van der Waals surface area contributed by atoms with Gasteiger partial charge in [0.1, 0.15) is 6.10 Å². The van der Waals surface area contributed by atoms with Crippen LogP contribution in [0.4, 0.5) is 0 Å². The molecule has 1 heterocycles. The van der Waals surface area contributed by atoms with Crippen molar-refractivity contribution in [2.75, 3.05) is 0 Å². The van der Waals surface area contributed by atoms with Crippen LogP contribution < -0.4 is 0 Å². The van der Waals surface area contributed by atoms with Crippen LogP contribution in [0.25, 0.3) is 0 Å². The van der Waals surface area contributed by atoms with Crippen LogP contribution >= 0.6 is 0 Å². The zero-order valence-corrected chi connectivity index (χ0v) is 8.16. The van der Waals surface area contributed by atoms with Crippen LogP contribution in [0.2, 0.25) is 0 Å². The Hall–Kier alpha value is -0.570. The standard InChI is InChI=1S/C10H18O3/c1-2-3-4-5-6-8-7-9(11)10(12)13-8/h8-9,11H,2-7H2,1H3/t8-,9+/m1/s1. The van der Waals surface area contributed by atoms with E-state index in [1.54, 1.807) is 0 Å². The number of aliphatic hydroxyl groups excluding tert-OH is 1. The highest BCUT2D eigenvalue weighted by Gasteiger charge is 2.31. The quantitative estimate of drug-likeness (QED) is 0.524. The number of unbranched alkanes of at least 4 members (excludes halogenated alkanes) is 3. The fraction of sp³-hybridized carbons (Fsp3) is 0.900. The third-order valence-corrected chi connectivity index (χ3v) is 2.42. The zero-order chi connectivity index (χ0) is 9.68. The number of cyclic esters (lactones) is 1. The van der Waals surface area contributed by atoms with Gasteiger partial charge in [-0.25, -0.2) is 4.79 Å². The van der Waals surface area contributed by atoms with E-state index in [9.17, 15) is 4.79 Å². The molecule has 1 fully saturated rings. The predicted molar refractivity (Wildman–Crippen MR) is 49.3 cm³/mol. The Bertz CT molecular complexity index is 168. The second-order valence-corrected chi connectivity index (χ2v) is 3.66. The number of ether oxygens (including phenoxy) is 1. The van der Waals surface area contributed by atoms with E-state index in [2.05, 4.69) is 6.92 Å². The van der Waals surface area contributed by atoms with Gasteiger partial charge in [-0.3, -0.25) is 0 Å². The average molecular weight is 186 g/mol. The molecule has 0 unspecified atom stereocenters. The first-order chi connectivity index (χ1) is 6.24. The van der Waals surface area contributed by atoms with Crippen molar-refractivity contribution in [2.45, 2.75) is 57.7 Å². The van der Waals surface area contributed by atoms with E-state index in [1.807, 2.05) is 0 Å². The highest BCUT2D eigenvalue weighted by atomic mass is 16.6. The summed E-state index contributed by atoms with van der Waals surface area (Å²) in [5, 5.41) is 9.10. The minimum absolute atomic E-state index is 0.0284. The minimum atomic E-state index is -0.865. The molecule has 0 spiro atoms. The summed E-state index contributed by atoms with van der Waals surface area (Å²) < 4.78 is 4.96. The van der Waals surface area contributed by atoms with Gasteiger partial charge in [0.25, 0.3) is 0 Å². The molecule has 3 heteroatoms. The molecule has 1 aliphatic rings. The zero-order valence-electron chi connectivity index (χ0n) is 8.16. The van der Waals surface area contributed by atoms with E-state index in [0.29, 0.717) is 6.42 Å². The molecule has 13 heavy (non-hydrogen) atoms. The Morgan fingerprint density at radius 3 is 2.77 bits per heavy atom. The molecule has 2 atom stereocenters. The molecule has 0 bridgehead atoms. The molecule has 1 N–H and O–H groups in total. The van der Waals surface area contributed by atoms with Gasteiger partial charge < -0.3 is 9.84 Å². The van der Waals surface area contributed by atoms with Crippen molar-refractivity contribution >= 4 is 5.97 Å². The van der Waals surface area contributed by atoms with Gasteiger partial charge in [-0.1, -0.05) is 26.2 Å². The number of rotatable bonds is 5. The molecule has 0 amide bonds. The number of carbonyl (C=O) groups excluding carboxylic acids is 1. The van der Waals surface area contributed by atoms with Gasteiger partial charge in [0.05, 0.1) is 0 Å². The number of aliphatic hydroxyl groups is 1. The Morgan fingerprint density at radius 1 is 1.46 bits per heavy atom. The van der Waals surface area contributed by atoms with Crippen molar-refractivity contribution in [3.05, 3.63) is 0 Å². The van der Waals surface area contributed by atoms with Crippen LogP contribution in [0.3, 0.4) is 0 Å². The highest BCUT2D eigenvalue weighted by Crippen LogP contribution is 2.20. The monoisotopic (exact) mass is 186 g/mol. The normalized spacial score (nSPS) is 27.7. The van der Waals surface area contributed by atoms with Gasteiger partial charge in [0, 0.05) is 6.42 Å².